The monoisotopic (exact) mass is 1260 g/mol. The van der Waals surface area contributed by atoms with Crippen LogP contribution in [0.2, 0.25) is 0 Å². The van der Waals surface area contributed by atoms with Crippen LogP contribution in [0.25, 0.3) is 122 Å². The van der Waals surface area contributed by atoms with Gasteiger partial charge in [0.25, 0.3) is 0 Å². The maximum atomic E-state index is 9.47. The Morgan fingerprint density at radius 2 is 0.940 bits per heavy atom. The van der Waals surface area contributed by atoms with Crippen LogP contribution in [0.1, 0.15) is 40.0 Å². The molecule has 15 rings (SSSR count). The molecule has 0 N–H and O–H groups in total. The van der Waals surface area contributed by atoms with Crippen LogP contribution in [0.4, 0.5) is 0 Å². The molecule has 7 heteroatoms. The second-order valence-electron chi connectivity index (χ2n) is 21.6. The zero-order chi connectivity index (χ0) is 64.5. The second-order valence-corrected chi connectivity index (χ2v) is 22.6. The topological polar surface area (TPSA) is 41.3 Å². The minimum atomic E-state index is -0.577. The number of hydrogen-bond acceptors (Lipinski definition) is 2. The van der Waals surface area contributed by atoms with E-state index in [1.807, 2.05) is 102 Å². The Labute approximate surface area is 506 Å². The van der Waals surface area contributed by atoms with Gasteiger partial charge in [0.1, 0.15) is 0 Å². The van der Waals surface area contributed by atoms with Gasteiger partial charge in [0, 0.05) is 6.20 Å². The average Bonchev–Trinajstić information content (AvgIpc) is 1.58. The number of pyridine rings is 1. The Morgan fingerprint density at radius 3 is 1.58 bits per heavy atom. The zero-order valence-electron chi connectivity index (χ0n) is 55.2. The Kier molecular flexibility index (Phi) is 9.86. The molecule has 0 atom stereocenters. The van der Waals surface area contributed by atoms with Gasteiger partial charge in [-0.25, -0.2) is 0 Å². The summed E-state index contributed by atoms with van der Waals surface area (Å²) in [6, 6.07) is 65.8. The van der Waals surface area contributed by atoms with Crippen LogP contribution in [0, 0.1) is 3.80 Å². The molecule has 15 aromatic rings. The van der Waals surface area contributed by atoms with E-state index in [1.54, 1.807) is 18.2 Å². The molecular formula is C76H55N5OPt. The fourth-order valence-electron chi connectivity index (χ4n) is 11.8. The molecule has 0 fully saturated rings. The van der Waals surface area contributed by atoms with Crippen molar-refractivity contribution in [2.75, 3.05) is 0 Å². The molecule has 0 aliphatic rings. The fraction of sp³-hybridized carbons (Fsp3) is 0.0526. The van der Waals surface area contributed by atoms with Gasteiger partial charge in [0.05, 0.1) is 0 Å². The standard InChI is InChI=1S/C76H55N5O.Pt/c1-76(2,3)57-42-43-77-73(47-57)81-68-36-19-16-30-63(68)65-40-38-59(48-71(65)81)82-60-39-41-69-72(49-60)79-50-78(74-61(53-26-12-6-13-27-53)32-20-33-62(74)54-28-14-7-15-29-54)70-37-21-34-66(75(70)79)64-31-17-18-35-67(64)80(69)58-45-55(51-22-8-4-9-23-51)44-56(46-58)52-24-10-5-11-25-52;/h4-49H,1-3H3;/i6D,7D,12D,13D,14D,15D,26D,27D,28D,29D;. The van der Waals surface area contributed by atoms with E-state index in [0.29, 0.717) is 31.9 Å². The van der Waals surface area contributed by atoms with Gasteiger partial charge >= 0.3 is 453 Å². The Hall–Kier alpha value is -9.87. The van der Waals surface area contributed by atoms with Crippen molar-refractivity contribution in [3.63, 3.8) is 0 Å². The molecule has 0 spiro atoms. The summed E-state index contributed by atoms with van der Waals surface area (Å²) in [7, 11) is 0. The summed E-state index contributed by atoms with van der Waals surface area (Å²) in [6.45, 7) is 6.58. The van der Waals surface area contributed by atoms with Crippen molar-refractivity contribution >= 4 is 60.2 Å². The number of imidazole rings is 1. The summed E-state index contributed by atoms with van der Waals surface area (Å²) in [5, 5.41) is 3.76. The molecule has 0 aliphatic carbocycles. The van der Waals surface area contributed by atoms with E-state index in [-0.39, 0.29) is 33.4 Å². The number of ether oxygens (including phenoxy) is 1. The Balaban J connectivity index is 1.09. The predicted octanol–water partition coefficient (Wildman–Crippen LogP) is 19.9. The van der Waals surface area contributed by atoms with Gasteiger partial charge in [-0.05, 0) is 17.0 Å². The van der Waals surface area contributed by atoms with Gasteiger partial charge < -0.3 is 0 Å². The van der Waals surface area contributed by atoms with Gasteiger partial charge in [-0.2, -0.15) is 0 Å². The summed E-state index contributed by atoms with van der Waals surface area (Å²) >= 11 is 2.27. The zero-order valence-corrected chi connectivity index (χ0v) is 47.5. The van der Waals surface area contributed by atoms with Crippen molar-refractivity contribution in [3.8, 4) is 73.2 Å². The van der Waals surface area contributed by atoms with E-state index in [4.69, 9.17) is 17.9 Å². The first kappa shape index (κ1) is 40.3. The van der Waals surface area contributed by atoms with Gasteiger partial charge in [-0.15, -0.1) is 0 Å². The summed E-state index contributed by atoms with van der Waals surface area (Å²) in [6.07, 6.45) is 1.86. The van der Waals surface area contributed by atoms with E-state index >= 15 is 0 Å². The molecule has 400 valence electrons. The molecule has 0 unspecified atom stereocenters. The number of aromatic nitrogens is 5. The number of fused-ring (bicyclic) bond motifs is 7. The molecule has 0 radical (unpaired) electrons. The third kappa shape index (κ3) is 8.68. The molecule has 0 amide bonds. The average molecular weight is 1260 g/mol. The molecule has 0 saturated carbocycles. The van der Waals surface area contributed by atoms with Gasteiger partial charge in [-0.1, -0.05) is 32.9 Å². The van der Waals surface area contributed by atoms with Crippen LogP contribution >= 0.6 is 0 Å². The number of nitrogens with zero attached hydrogens (tertiary/aromatic N) is 5. The van der Waals surface area contributed by atoms with E-state index in [2.05, 4.69) is 157 Å². The first-order valence-electron chi connectivity index (χ1n) is 32.4. The van der Waals surface area contributed by atoms with Crippen molar-refractivity contribution in [2.45, 2.75) is 26.2 Å². The summed E-state index contributed by atoms with van der Waals surface area (Å²) in [5.41, 5.74) is 11.6. The van der Waals surface area contributed by atoms with E-state index in [9.17, 15) is 5.48 Å². The second kappa shape index (κ2) is 20.3. The molecule has 6 nitrogen and oxygen atoms in total. The maximum absolute atomic E-state index is 9.47. The third-order valence-corrected chi connectivity index (χ3v) is 16.6. The van der Waals surface area contributed by atoms with Crippen molar-refractivity contribution in [2.24, 2.45) is 0 Å². The van der Waals surface area contributed by atoms with Crippen LogP contribution in [0.15, 0.2) is 279 Å². The number of hydrogen-bond donors (Lipinski definition) is 0. The fourth-order valence-corrected chi connectivity index (χ4v) is 12.9. The molecule has 83 heavy (non-hydrogen) atoms. The molecule has 4 heterocycles. The van der Waals surface area contributed by atoms with Gasteiger partial charge in [0.2, 0.25) is 0 Å². The molecular weight excluding hydrogens is 1190 g/mol. The van der Waals surface area contributed by atoms with E-state index < -0.39 is 60.4 Å². The van der Waals surface area contributed by atoms with E-state index in [1.165, 1.54) is 0 Å². The number of benzene rings is 11. The van der Waals surface area contributed by atoms with Crippen LogP contribution in [-0.4, -0.2) is 23.1 Å². The van der Waals surface area contributed by atoms with Gasteiger partial charge in [0.15, 0.2) is 0 Å². The molecule has 0 aliphatic heterocycles. The van der Waals surface area contributed by atoms with Crippen LogP contribution in [0.3, 0.4) is 0 Å². The summed E-state index contributed by atoms with van der Waals surface area (Å²) < 4.78 is 107. The SMILES string of the molecule is [2H]c1c([2H])c([2H])c(-c2cccc(-c3c([2H])c([2H])c([2H])c([2H])c3[2H])c2-n2[c](=[Pt])n3c4cc(Oc5ccc6c7ccccc7n(-c7cc(C(C)(C)C)ccn7)c6c5)ccc4n(-c4cc(-c5ccccc5)cc(-c5ccccc5)c4)c4ccccc4c4cccc2c43)c([2H])c1[2H]. The first-order valence-corrected chi connectivity index (χ1v) is 28.5. The van der Waals surface area contributed by atoms with Crippen LogP contribution < -0.4 is 4.74 Å². The van der Waals surface area contributed by atoms with Gasteiger partial charge in [-0.3, -0.25) is 0 Å². The van der Waals surface area contributed by atoms with Crippen molar-refractivity contribution in [1.29, 1.82) is 0 Å². The van der Waals surface area contributed by atoms with Crippen LogP contribution in [-0.2, 0) is 24.8 Å². The molecule has 0 bridgehead atoms. The number of para-hydroxylation sites is 4. The summed E-state index contributed by atoms with van der Waals surface area (Å²) in [4.78, 5) is 4.95. The van der Waals surface area contributed by atoms with E-state index in [0.717, 1.165) is 82.9 Å². The predicted molar refractivity (Wildman–Crippen MR) is 340 cm³/mol. The minimum absolute atomic E-state index is 0.134. The first-order chi connectivity index (χ1) is 44.9. The third-order valence-electron chi connectivity index (χ3n) is 15.6. The van der Waals surface area contributed by atoms with Crippen molar-refractivity contribution in [1.82, 2.24) is 23.1 Å². The Bertz CT molecular complexity index is 5550. The normalized spacial score (nSPS) is 13.6. The Morgan fingerprint density at radius 1 is 0.410 bits per heavy atom. The quantitative estimate of drug-likeness (QED) is 0.145. The number of rotatable bonds is 9. The van der Waals surface area contributed by atoms with Crippen molar-refractivity contribution < 1.29 is 37.8 Å². The molecule has 4 aromatic heterocycles. The van der Waals surface area contributed by atoms with Crippen LogP contribution in [0.5, 0.6) is 11.5 Å². The van der Waals surface area contributed by atoms with Crippen molar-refractivity contribution in [3.05, 3.63) is 288 Å². The molecule has 0 saturated heterocycles. The summed E-state index contributed by atoms with van der Waals surface area (Å²) in [5.74, 6) is 1.83. The molecule has 11 aromatic carbocycles.